The van der Waals surface area contributed by atoms with Gasteiger partial charge in [0.15, 0.2) is 5.11 Å². The van der Waals surface area contributed by atoms with E-state index in [1.165, 1.54) is 0 Å². The summed E-state index contributed by atoms with van der Waals surface area (Å²) in [6.07, 6.45) is 1.79. The highest BCUT2D eigenvalue weighted by Gasteiger charge is 2.19. The molecule has 0 fully saturated rings. The van der Waals surface area contributed by atoms with Crippen LogP contribution >= 0.6 is 12.2 Å². The Morgan fingerprint density at radius 3 is 2.54 bits per heavy atom. The summed E-state index contributed by atoms with van der Waals surface area (Å²) in [5, 5.41) is 3.91. The Balaban J connectivity index is 2.11. The van der Waals surface area contributed by atoms with Crippen molar-refractivity contribution in [3.05, 3.63) is 54.4 Å². The lowest BCUT2D eigenvalue weighted by Crippen LogP contribution is -2.39. The van der Waals surface area contributed by atoms with Gasteiger partial charge in [-0.3, -0.25) is 4.98 Å². The van der Waals surface area contributed by atoms with E-state index in [0.717, 1.165) is 17.1 Å². The number of benzene rings is 1. The maximum Gasteiger partial charge on any atom is 0.174 e. The van der Waals surface area contributed by atoms with Gasteiger partial charge in [-0.2, -0.15) is 0 Å². The fourth-order valence-corrected chi connectivity index (χ4v) is 2.68. The molecule has 0 amide bonds. The summed E-state index contributed by atoms with van der Waals surface area (Å²) in [5.41, 5.74) is 1.88. The lowest BCUT2D eigenvalue weighted by molar-refractivity contribution is 0.164. The minimum Gasteiger partial charge on any atom is -0.497 e. The number of thiocarbonyl (C=S) groups is 1. The van der Waals surface area contributed by atoms with Gasteiger partial charge in [0, 0.05) is 25.5 Å². The van der Waals surface area contributed by atoms with Crippen molar-refractivity contribution in [1.82, 2.24) is 9.88 Å². The van der Waals surface area contributed by atoms with Crippen molar-refractivity contribution < 1.29 is 9.47 Å². The average molecular weight is 345 g/mol. The van der Waals surface area contributed by atoms with Crippen LogP contribution in [-0.2, 0) is 4.74 Å². The van der Waals surface area contributed by atoms with Gasteiger partial charge in [0.25, 0.3) is 0 Å². The number of anilines is 1. The van der Waals surface area contributed by atoms with E-state index in [0.29, 0.717) is 18.3 Å². The average Bonchev–Trinajstić information content (AvgIpc) is 2.63. The monoisotopic (exact) mass is 345 g/mol. The molecular formula is C18H23N3O2S. The van der Waals surface area contributed by atoms with Crippen LogP contribution < -0.4 is 10.1 Å². The predicted octanol–water partition coefficient (Wildman–Crippen LogP) is 3.50. The second kappa shape index (κ2) is 9.20. The SMILES string of the molecule is COCCN(C(=S)Nc1ccc(OC)cc1)C(C)c1ccccn1. The zero-order valence-corrected chi connectivity index (χ0v) is 15.0. The lowest BCUT2D eigenvalue weighted by Gasteiger charge is -2.31. The Hall–Kier alpha value is -2.18. The number of ether oxygens (including phenoxy) is 2. The van der Waals surface area contributed by atoms with E-state index >= 15 is 0 Å². The summed E-state index contributed by atoms with van der Waals surface area (Å²) in [6.45, 7) is 3.35. The molecule has 1 aromatic carbocycles. The molecule has 128 valence electrons. The highest BCUT2D eigenvalue weighted by molar-refractivity contribution is 7.80. The zero-order valence-electron chi connectivity index (χ0n) is 14.2. The molecule has 0 radical (unpaired) electrons. The van der Waals surface area contributed by atoms with Crippen molar-refractivity contribution in [3.8, 4) is 5.75 Å². The van der Waals surface area contributed by atoms with Crippen molar-refractivity contribution in [1.29, 1.82) is 0 Å². The minimum atomic E-state index is 0.0413. The fraction of sp³-hybridized carbons (Fsp3) is 0.333. The van der Waals surface area contributed by atoms with Gasteiger partial charge >= 0.3 is 0 Å². The van der Waals surface area contributed by atoms with Crippen LogP contribution in [0.15, 0.2) is 48.7 Å². The van der Waals surface area contributed by atoms with E-state index in [1.807, 2.05) is 42.5 Å². The molecule has 24 heavy (non-hydrogen) atoms. The zero-order chi connectivity index (χ0) is 17.4. The molecule has 0 aliphatic heterocycles. The van der Waals surface area contributed by atoms with E-state index in [1.54, 1.807) is 20.4 Å². The summed E-state index contributed by atoms with van der Waals surface area (Å²) in [7, 11) is 3.33. The summed E-state index contributed by atoms with van der Waals surface area (Å²) in [6, 6.07) is 13.6. The van der Waals surface area contributed by atoms with Gasteiger partial charge in [0.05, 0.1) is 25.5 Å². The molecular weight excluding hydrogens is 322 g/mol. The van der Waals surface area contributed by atoms with Gasteiger partial charge in [-0.05, 0) is 55.5 Å². The highest BCUT2D eigenvalue weighted by atomic mass is 32.1. The van der Waals surface area contributed by atoms with Crippen molar-refractivity contribution in [2.75, 3.05) is 32.7 Å². The second-order valence-electron chi connectivity index (χ2n) is 5.28. The van der Waals surface area contributed by atoms with Crippen LogP contribution in [0.3, 0.4) is 0 Å². The number of methoxy groups -OCH3 is 2. The van der Waals surface area contributed by atoms with Gasteiger partial charge < -0.3 is 19.7 Å². The summed E-state index contributed by atoms with van der Waals surface area (Å²) >= 11 is 5.61. The third-order valence-corrected chi connectivity index (χ3v) is 4.06. The first-order valence-electron chi connectivity index (χ1n) is 7.77. The molecule has 0 saturated carbocycles. The van der Waals surface area contributed by atoms with E-state index in [4.69, 9.17) is 21.7 Å². The molecule has 2 rings (SSSR count). The van der Waals surface area contributed by atoms with E-state index in [2.05, 4.69) is 22.1 Å². The molecule has 0 aliphatic carbocycles. The van der Waals surface area contributed by atoms with Crippen LogP contribution in [0.1, 0.15) is 18.7 Å². The topological polar surface area (TPSA) is 46.6 Å². The maximum atomic E-state index is 5.61. The minimum absolute atomic E-state index is 0.0413. The smallest absolute Gasteiger partial charge is 0.174 e. The first-order chi connectivity index (χ1) is 11.7. The Bertz CT molecular complexity index is 634. The van der Waals surface area contributed by atoms with Gasteiger partial charge in [-0.25, -0.2) is 0 Å². The number of aromatic nitrogens is 1. The third kappa shape index (κ3) is 4.91. The van der Waals surface area contributed by atoms with Crippen molar-refractivity contribution in [2.45, 2.75) is 13.0 Å². The number of nitrogens with zero attached hydrogens (tertiary/aromatic N) is 2. The quantitative estimate of drug-likeness (QED) is 0.775. The molecule has 6 heteroatoms. The van der Waals surface area contributed by atoms with Gasteiger partial charge in [-0.1, -0.05) is 6.07 Å². The maximum absolute atomic E-state index is 5.61. The molecule has 1 N–H and O–H groups in total. The molecule has 0 bridgehead atoms. The van der Waals surface area contributed by atoms with Crippen LogP contribution in [0.4, 0.5) is 5.69 Å². The standard InChI is InChI=1S/C18H23N3O2S/c1-14(17-6-4-5-11-19-17)21(12-13-22-2)18(24)20-15-7-9-16(23-3)10-8-15/h4-11,14H,12-13H2,1-3H3,(H,20,24). The Morgan fingerprint density at radius 1 is 1.21 bits per heavy atom. The highest BCUT2D eigenvalue weighted by Crippen LogP contribution is 2.20. The van der Waals surface area contributed by atoms with E-state index < -0.39 is 0 Å². The first-order valence-corrected chi connectivity index (χ1v) is 8.18. The Morgan fingerprint density at radius 2 is 1.96 bits per heavy atom. The van der Waals surface area contributed by atoms with Gasteiger partial charge in [0.1, 0.15) is 5.75 Å². The number of nitrogens with one attached hydrogen (secondary N) is 1. The normalized spacial score (nSPS) is 11.6. The van der Waals surface area contributed by atoms with Crippen molar-refractivity contribution in [3.63, 3.8) is 0 Å². The van der Waals surface area contributed by atoms with Crippen LogP contribution in [0.5, 0.6) is 5.75 Å². The largest absolute Gasteiger partial charge is 0.497 e. The van der Waals surface area contributed by atoms with Crippen LogP contribution in [0, 0.1) is 0 Å². The molecule has 1 unspecified atom stereocenters. The fourth-order valence-electron chi connectivity index (χ4n) is 2.31. The third-order valence-electron chi connectivity index (χ3n) is 3.72. The number of hydrogen-bond donors (Lipinski definition) is 1. The molecule has 1 heterocycles. The Kier molecular flexibility index (Phi) is 6.96. The van der Waals surface area contributed by atoms with Crippen LogP contribution in [0.25, 0.3) is 0 Å². The number of hydrogen-bond acceptors (Lipinski definition) is 4. The first kappa shape index (κ1) is 18.2. The molecule has 1 atom stereocenters. The molecule has 1 aromatic heterocycles. The van der Waals surface area contributed by atoms with Gasteiger partial charge in [0.2, 0.25) is 0 Å². The molecule has 0 aliphatic rings. The van der Waals surface area contributed by atoms with Crippen molar-refractivity contribution >= 4 is 23.0 Å². The summed E-state index contributed by atoms with van der Waals surface area (Å²) < 4.78 is 10.4. The summed E-state index contributed by atoms with van der Waals surface area (Å²) in [5.74, 6) is 0.810. The summed E-state index contributed by atoms with van der Waals surface area (Å²) in [4.78, 5) is 6.51. The predicted molar refractivity (Wildman–Crippen MR) is 100 cm³/mol. The van der Waals surface area contributed by atoms with E-state index in [9.17, 15) is 0 Å². The molecule has 5 nitrogen and oxygen atoms in total. The number of rotatable bonds is 7. The number of pyridine rings is 1. The van der Waals surface area contributed by atoms with Crippen LogP contribution in [0.2, 0.25) is 0 Å². The van der Waals surface area contributed by atoms with Crippen molar-refractivity contribution in [2.24, 2.45) is 0 Å². The van der Waals surface area contributed by atoms with Crippen LogP contribution in [-0.4, -0.2) is 42.4 Å². The molecule has 2 aromatic rings. The molecule has 0 spiro atoms. The second-order valence-corrected chi connectivity index (χ2v) is 5.66. The molecule has 0 saturated heterocycles. The van der Waals surface area contributed by atoms with E-state index in [-0.39, 0.29) is 6.04 Å². The lowest BCUT2D eigenvalue weighted by atomic mass is 10.2. The van der Waals surface area contributed by atoms with Gasteiger partial charge in [-0.15, -0.1) is 0 Å². The Labute approximate surface area is 148 Å².